The molecule has 0 aliphatic carbocycles. The van der Waals surface area contributed by atoms with Crippen molar-refractivity contribution in [1.82, 2.24) is 15.2 Å². The van der Waals surface area contributed by atoms with Gasteiger partial charge in [-0.2, -0.15) is 0 Å². The third kappa shape index (κ3) is 3.65. The van der Waals surface area contributed by atoms with E-state index in [2.05, 4.69) is 45.6 Å². The number of aryl methyl sites for hydroxylation is 1. The predicted octanol–water partition coefficient (Wildman–Crippen LogP) is 1.87. The van der Waals surface area contributed by atoms with Gasteiger partial charge in [0.2, 0.25) is 0 Å². The number of nitrogens with zero attached hydrogens (tertiary/aromatic N) is 2. The fraction of sp³-hybridized carbons (Fsp3) is 0.368. The number of aromatic nitrogens is 1. The SMILES string of the molecule is Cc1ccc(C2CN(Cc3ccc4c(c3)NC(=O)CO4)CCN2)nc1. The molecule has 1 saturated heterocycles. The van der Waals surface area contributed by atoms with Gasteiger partial charge in [0.25, 0.3) is 5.91 Å². The Hall–Kier alpha value is -2.44. The maximum absolute atomic E-state index is 11.5. The molecule has 1 atom stereocenters. The predicted molar refractivity (Wildman–Crippen MR) is 95.6 cm³/mol. The van der Waals surface area contributed by atoms with Crippen LogP contribution < -0.4 is 15.4 Å². The molecule has 2 aromatic rings. The first-order chi connectivity index (χ1) is 12.2. The topological polar surface area (TPSA) is 66.5 Å². The van der Waals surface area contributed by atoms with E-state index in [1.165, 1.54) is 11.1 Å². The molecule has 2 aliphatic rings. The lowest BCUT2D eigenvalue weighted by atomic mass is 10.1. The summed E-state index contributed by atoms with van der Waals surface area (Å²) in [6, 6.07) is 10.5. The molecule has 0 radical (unpaired) electrons. The molecule has 2 aliphatic heterocycles. The van der Waals surface area contributed by atoms with Crippen molar-refractivity contribution < 1.29 is 9.53 Å². The zero-order valence-electron chi connectivity index (χ0n) is 14.3. The van der Waals surface area contributed by atoms with Gasteiger partial charge in [0, 0.05) is 32.4 Å². The molecule has 0 bridgehead atoms. The van der Waals surface area contributed by atoms with Crippen LogP contribution in [0.3, 0.4) is 0 Å². The number of hydrogen-bond acceptors (Lipinski definition) is 5. The van der Waals surface area contributed by atoms with Crippen molar-refractivity contribution in [3.8, 4) is 5.75 Å². The number of anilines is 1. The summed E-state index contributed by atoms with van der Waals surface area (Å²) in [7, 11) is 0. The molecule has 0 spiro atoms. The van der Waals surface area contributed by atoms with Gasteiger partial charge in [-0.25, -0.2) is 0 Å². The zero-order chi connectivity index (χ0) is 17.2. The number of benzene rings is 1. The van der Waals surface area contributed by atoms with E-state index >= 15 is 0 Å². The summed E-state index contributed by atoms with van der Waals surface area (Å²) in [4.78, 5) is 18.5. The molecule has 2 N–H and O–H groups in total. The normalized spacial score (nSPS) is 20.5. The van der Waals surface area contributed by atoms with Crippen LogP contribution in [-0.2, 0) is 11.3 Å². The van der Waals surface area contributed by atoms with Crippen LogP contribution in [0.1, 0.15) is 22.9 Å². The van der Waals surface area contributed by atoms with Gasteiger partial charge < -0.3 is 15.4 Å². The molecule has 4 rings (SSSR count). The van der Waals surface area contributed by atoms with Crippen molar-refractivity contribution in [2.75, 3.05) is 31.6 Å². The molecule has 6 nitrogen and oxygen atoms in total. The summed E-state index contributed by atoms with van der Waals surface area (Å²) in [5.41, 5.74) is 4.19. The maximum Gasteiger partial charge on any atom is 0.262 e. The standard InChI is InChI=1S/C19H22N4O2/c1-13-2-4-15(21-9-13)17-11-23(7-6-20-17)10-14-3-5-18-16(8-14)22-19(24)12-25-18/h2-5,8-9,17,20H,6-7,10-12H2,1H3,(H,22,24). The molecule has 130 valence electrons. The van der Waals surface area contributed by atoms with Gasteiger partial charge >= 0.3 is 0 Å². The quantitative estimate of drug-likeness (QED) is 0.894. The van der Waals surface area contributed by atoms with Gasteiger partial charge in [-0.3, -0.25) is 14.7 Å². The Balaban J connectivity index is 1.44. The Bertz CT molecular complexity index is 775. The van der Waals surface area contributed by atoms with Crippen LogP contribution >= 0.6 is 0 Å². The number of rotatable bonds is 3. The Morgan fingerprint density at radius 1 is 1.32 bits per heavy atom. The van der Waals surface area contributed by atoms with Gasteiger partial charge in [-0.1, -0.05) is 12.1 Å². The molecule has 3 heterocycles. The van der Waals surface area contributed by atoms with E-state index in [-0.39, 0.29) is 18.6 Å². The fourth-order valence-corrected chi connectivity index (χ4v) is 3.32. The van der Waals surface area contributed by atoms with Gasteiger partial charge in [0.15, 0.2) is 6.61 Å². The smallest absolute Gasteiger partial charge is 0.262 e. The van der Waals surface area contributed by atoms with Crippen LogP contribution in [0.25, 0.3) is 0 Å². The summed E-state index contributed by atoms with van der Waals surface area (Å²) in [6.07, 6.45) is 1.92. The van der Waals surface area contributed by atoms with E-state index in [0.717, 1.165) is 43.3 Å². The lowest BCUT2D eigenvalue weighted by Crippen LogP contribution is -2.45. The van der Waals surface area contributed by atoms with Gasteiger partial charge in [-0.05, 0) is 36.2 Å². The number of fused-ring (bicyclic) bond motifs is 1. The summed E-state index contributed by atoms with van der Waals surface area (Å²) >= 11 is 0. The maximum atomic E-state index is 11.5. The molecule has 1 amide bonds. The second-order valence-electron chi connectivity index (χ2n) is 6.67. The zero-order valence-corrected chi connectivity index (χ0v) is 14.3. The van der Waals surface area contributed by atoms with E-state index in [1.54, 1.807) is 0 Å². The van der Waals surface area contributed by atoms with Crippen LogP contribution in [0.4, 0.5) is 5.69 Å². The molecule has 1 unspecified atom stereocenters. The molecule has 1 aromatic heterocycles. The fourth-order valence-electron chi connectivity index (χ4n) is 3.32. The van der Waals surface area contributed by atoms with Crippen LogP contribution in [0.15, 0.2) is 36.5 Å². The summed E-state index contributed by atoms with van der Waals surface area (Å²) < 4.78 is 5.42. The van der Waals surface area contributed by atoms with Crippen molar-refractivity contribution >= 4 is 11.6 Å². The number of hydrogen-bond donors (Lipinski definition) is 2. The van der Waals surface area contributed by atoms with Gasteiger partial charge in [0.1, 0.15) is 5.75 Å². The van der Waals surface area contributed by atoms with Crippen molar-refractivity contribution in [2.45, 2.75) is 19.5 Å². The Morgan fingerprint density at radius 3 is 3.08 bits per heavy atom. The van der Waals surface area contributed by atoms with Crippen molar-refractivity contribution in [3.05, 3.63) is 53.3 Å². The molecule has 1 aromatic carbocycles. The van der Waals surface area contributed by atoms with Crippen LogP contribution in [-0.4, -0.2) is 42.0 Å². The molecular weight excluding hydrogens is 316 g/mol. The molecule has 25 heavy (non-hydrogen) atoms. The van der Waals surface area contributed by atoms with E-state index < -0.39 is 0 Å². The van der Waals surface area contributed by atoms with E-state index in [0.29, 0.717) is 0 Å². The lowest BCUT2D eigenvalue weighted by Gasteiger charge is -2.33. The number of amides is 1. The third-order valence-corrected chi connectivity index (χ3v) is 4.63. The minimum absolute atomic E-state index is 0.0926. The van der Waals surface area contributed by atoms with Crippen molar-refractivity contribution in [1.29, 1.82) is 0 Å². The Kier molecular flexibility index (Phi) is 4.38. The average molecular weight is 338 g/mol. The highest BCUT2D eigenvalue weighted by molar-refractivity contribution is 5.95. The first kappa shape index (κ1) is 16.1. The highest BCUT2D eigenvalue weighted by atomic mass is 16.5. The number of ether oxygens (including phenoxy) is 1. The Morgan fingerprint density at radius 2 is 2.24 bits per heavy atom. The number of nitrogens with one attached hydrogen (secondary N) is 2. The number of pyridine rings is 1. The Labute approximate surface area is 147 Å². The molecule has 6 heteroatoms. The first-order valence-corrected chi connectivity index (χ1v) is 8.61. The first-order valence-electron chi connectivity index (χ1n) is 8.61. The second kappa shape index (κ2) is 6.82. The summed E-state index contributed by atoms with van der Waals surface area (Å²) in [6.45, 7) is 5.82. The summed E-state index contributed by atoms with van der Waals surface area (Å²) in [5, 5.41) is 6.42. The van der Waals surface area contributed by atoms with Crippen LogP contribution in [0, 0.1) is 6.92 Å². The van der Waals surface area contributed by atoms with Gasteiger partial charge in [-0.15, -0.1) is 0 Å². The minimum atomic E-state index is -0.0997. The third-order valence-electron chi connectivity index (χ3n) is 4.63. The molecule has 0 saturated carbocycles. The highest BCUT2D eigenvalue weighted by Gasteiger charge is 2.22. The van der Waals surface area contributed by atoms with Crippen LogP contribution in [0.2, 0.25) is 0 Å². The molecule has 1 fully saturated rings. The van der Waals surface area contributed by atoms with Crippen molar-refractivity contribution in [2.24, 2.45) is 0 Å². The number of carbonyl (C=O) groups excluding carboxylic acids is 1. The number of piperazine rings is 1. The lowest BCUT2D eigenvalue weighted by molar-refractivity contribution is -0.118. The monoisotopic (exact) mass is 338 g/mol. The second-order valence-corrected chi connectivity index (χ2v) is 6.67. The van der Waals surface area contributed by atoms with E-state index in [4.69, 9.17) is 4.74 Å². The highest BCUT2D eigenvalue weighted by Crippen LogP contribution is 2.29. The van der Waals surface area contributed by atoms with Crippen molar-refractivity contribution in [3.63, 3.8) is 0 Å². The average Bonchev–Trinajstić information content (AvgIpc) is 2.62. The van der Waals surface area contributed by atoms with Crippen LogP contribution in [0.5, 0.6) is 5.75 Å². The molecular formula is C19H22N4O2. The largest absolute Gasteiger partial charge is 0.482 e. The summed E-state index contributed by atoms with van der Waals surface area (Å²) in [5.74, 6) is 0.641. The minimum Gasteiger partial charge on any atom is -0.482 e. The van der Waals surface area contributed by atoms with E-state index in [9.17, 15) is 4.79 Å². The number of carbonyl (C=O) groups is 1. The van der Waals surface area contributed by atoms with E-state index in [1.807, 2.05) is 18.3 Å². The van der Waals surface area contributed by atoms with Gasteiger partial charge in [0.05, 0.1) is 17.4 Å².